The van der Waals surface area contributed by atoms with Gasteiger partial charge < -0.3 is 9.47 Å². The Morgan fingerprint density at radius 2 is 1.75 bits per heavy atom. The lowest BCUT2D eigenvalue weighted by Gasteiger charge is -2.53. The highest BCUT2D eigenvalue weighted by molar-refractivity contribution is 8.18. The number of ether oxygens (including phenoxy) is 2. The van der Waals surface area contributed by atoms with Gasteiger partial charge in [0.25, 0.3) is 0 Å². The van der Waals surface area contributed by atoms with Crippen molar-refractivity contribution in [1.82, 2.24) is 4.90 Å². The molecule has 0 bridgehead atoms. The van der Waals surface area contributed by atoms with Crippen LogP contribution in [0.5, 0.6) is 11.5 Å². The maximum Gasteiger partial charge on any atom is 0.161 e. The molecular formula is C23H37NO2S2. The van der Waals surface area contributed by atoms with Gasteiger partial charge in [-0.25, -0.2) is 0 Å². The van der Waals surface area contributed by atoms with Crippen LogP contribution in [0, 0.1) is 11.8 Å². The molecule has 1 saturated heterocycles. The van der Waals surface area contributed by atoms with Crippen molar-refractivity contribution in [2.45, 2.75) is 57.1 Å². The second-order valence-electron chi connectivity index (χ2n) is 8.38. The van der Waals surface area contributed by atoms with Gasteiger partial charge in [-0.15, -0.1) is 23.5 Å². The van der Waals surface area contributed by atoms with Crippen molar-refractivity contribution in [2.24, 2.45) is 11.8 Å². The summed E-state index contributed by atoms with van der Waals surface area (Å²) in [5.41, 5.74) is 2.91. The van der Waals surface area contributed by atoms with E-state index >= 15 is 0 Å². The summed E-state index contributed by atoms with van der Waals surface area (Å²) in [6.45, 7) is 11.8. The summed E-state index contributed by atoms with van der Waals surface area (Å²) < 4.78 is 11.5. The Morgan fingerprint density at radius 3 is 2.32 bits per heavy atom. The normalized spacial score (nSPS) is 24.0. The first-order valence-electron chi connectivity index (χ1n) is 10.7. The summed E-state index contributed by atoms with van der Waals surface area (Å²) in [4.78, 5) is 2.76. The van der Waals surface area contributed by atoms with E-state index in [1.165, 1.54) is 42.0 Å². The van der Waals surface area contributed by atoms with E-state index in [-0.39, 0.29) is 0 Å². The number of hydrogen-bond acceptors (Lipinski definition) is 5. The van der Waals surface area contributed by atoms with Crippen molar-refractivity contribution in [2.75, 3.05) is 38.8 Å². The third-order valence-electron chi connectivity index (χ3n) is 6.20. The molecule has 2 unspecified atom stereocenters. The molecule has 2 heterocycles. The summed E-state index contributed by atoms with van der Waals surface area (Å²) in [6, 6.07) is 4.96. The van der Waals surface area contributed by atoms with Crippen LogP contribution < -0.4 is 9.47 Å². The quantitative estimate of drug-likeness (QED) is 0.486. The zero-order valence-electron chi connectivity index (χ0n) is 18.4. The molecule has 2 atom stereocenters. The van der Waals surface area contributed by atoms with E-state index in [2.05, 4.69) is 68.3 Å². The van der Waals surface area contributed by atoms with Crippen LogP contribution in [0.1, 0.15) is 57.7 Å². The topological polar surface area (TPSA) is 21.7 Å². The lowest BCUT2D eigenvalue weighted by molar-refractivity contribution is 0.0860. The van der Waals surface area contributed by atoms with Crippen LogP contribution in [0.4, 0.5) is 0 Å². The molecule has 3 rings (SSSR count). The van der Waals surface area contributed by atoms with E-state index in [0.29, 0.717) is 10.1 Å². The van der Waals surface area contributed by atoms with E-state index in [9.17, 15) is 0 Å². The molecule has 1 aromatic carbocycles. The number of rotatable bonds is 8. The number of thioether (sulfide) groups is 2. The molecule has 5 heteroatoms. The minimum atomic E-state index is 0.316. The highest BCUT2D eigenvalue weighted by atomic mass is 32.2. The lowest BCUT2D eigenvalue weighted by Crippen LogP contribution is -2.52. The molecule has 2 aliphatic rings. The van der Waals surface area contributed by atoms with Crippen LogP contribution in [0.2, 0.25) is 0 Å². The fraction of sp³-hybridized carbons (Fsp3) is 0.739. The van der Waals surface area contributed by atoms with Gasteiger partial charge in [-0.1, -0.05) is 27.7 Å². The summed E-state index contributed by atoms with van der Waals surface area (Å²) in [7, 11) is 3.48. The fourth-order valence-electron chi connectivity index (χ4n) is 5.10. The van der Waals surface area contributed by atoms with Crippen LogP contribution >= 0.6 is 23.5 Å². The summed E-state index contributed by atoms with van der Waals surface area (Å²) in [5, 5.41) is 0. The van der Waals surface area contributed by atoms with E-state index in [1.54, 1.807) is 14.2 Å². The Hall–Kier alpha value is -0.520. The van der Waals surface area contributed by atoms with Crippen LogP contribution in [-0.4, -0.2) is 47.8 Å². The number of piperidine rings is 1. The van der Waals surface area contributed by atoms with Crippen LogP contribution in [0.15, 0.2) is 12.1 Å². The Bertz CT molecular complexity index is 658. The molecule has 2 aliphatic heterocycles. The second kappa shape index (κ2) is 9.53. The van der Waals surface area contributed by atoms with Gasteiger partial charge in [-0.3, -0.25) is 4.90 Å². The molecule has 0 amide bonds. The van der Waals surface area contributed by atoms with E-state index in [4.69, 9.17) is 9.47 Å². The maximum atomic E-state index is 5.65. The summed E-state index contributed by atoms with van der Waals surface area (Å²) in [5.74, 6) is 5.60. The smallest absolute Gasteiger partial charge is 0.161 e. The van der Waals surface area contributed by atoms with Crippen molar-refractivity contribution in [3.63, 3.8) is 0 Å². The Kier molecular flexibility index (Phi) is 7.54. The van der Waals surface area contributed by atoms with E-state index in [0.717, 1.165) is 36.3 Å². The van der Waals surface area contributed by atoms with Gasteiger partial charge >= 0.3 is 0 Å². The molecule has 0 spiro atoms. The molecule has 0 N–H and O–H groups in total. The third-order valence-corrected chi connectivity index (χ3v) is 9.46. The predicted molar refractivity (Wildman–Crippen MR) is 124 cm³/mol. The summed E-state index contributed by atoms with van der Waals surface area (Å²) >= 11 is 4.41. The van der Waals surface area contributed by atoms with Gasteiger partial charge in [-0.05, 0) is 65.9 Å². The van der Waals surface area contributed by atoms with Crippen molar-refractivity contribution in [1.29, 1.82) is 0 Å². The molecular weight excluding hydrogens is 386 g/mol. The number of methoxy groups -OCH3 is 2. The van der Waals surface area contributed by atoms with Crippen LogP contribution in [-0.2, 0) is 6.42 Å². The molecule has 1 aromatic rings. The van der Waals surface area contributed by atoms with Crippen molar-refractivity contribution in [3.8, 4) is 11.5 Å². The maximum absolute atomic E-state index is 5.65. The molecule has 0 aromatic heterocycles. The highest BCUT2D eigenvalue weighted by Crippen LogP contribution is 2.56. The van der Waals surface area contributed by atoms with Crippen molar-refractivity contribution < 1.29 is 9.47 Å². The Labute approximate surface area is 180 Å². The number of nitrogens with zero attached hydrogens (tertiary/aromatic N) is 1. The van der Waals surface area contributed by atoms with Gasteiger partial charge in [0, 0.05) is 19.1 Å². The number of fused-ring (bicyclic) bond motifs is 3. The first-order valence-corrected chi connectivity index (χ1v) is 12.7. The van der Waals surface area contributed by atoms with E-state index < -0.39 is 0 Å². The average molecular weight is 424 g/mol. The third kappa shape index (κ3) is 4.32. The lowest BCUT2D eigenvalue weighted by atomic mass is 9.80. The Balaban J connectivity index is 2.00. The average Bonchev–Trinajstić information content (AvgIpc) is 2.67. The Morgan fingerprint density at radius 1 is 1.11 bits per heavy atom. The summed E-state index contributed by atoms with van der Waals surface area (Å²) in [6.07, 6.45) is 3.65. The SMILES string of the molecule is CCSC1(SCC)CC2c3cc(OC)c(OC)cc3CCN2CC1CC(C)C. The van der Waals surface area contributed by atoms with Crippen LogP contribution in [0.25, 0.3) is 0 Å². The number of hydrogen-bond donors (Lipinski definition) is 0. The molecule has 28 heavy (non-hydrogen) atoms. The van der Waals surface area contributed by atoms with E-state index in [1.807, 2.05) is 0 Å². The molecule has 1 fully saturated rings. The molecule has 0 radical (unpaired) electrons. The molecule has 3 nitrogen and oxygen atoms in total. The fourth-order valence-corrected chi connectivity index (χ4v) is 8.49. The monoisotopic (exact) mass is 423 g/mol. The molecule has 0 aliphatic carbocycles. The first kappa shape index (κ1) is 22.2. The highest BCUT2D eigenvalue weighted by Gasteiger charge is 2.48. The minimum absolute atomic E-state index is 0.316. The first-order chi connectivity index (χ1) is 13.5. The largest absolute Gasteiger partial charge is 0.493 e. The standard InChI is InChI=1S/C23H37NO2S2/c1-7-27-23(28-8-2)14-20-19-13-22(26-6)21(25-5)12-17(19)9-10-24(20)15-18(23)11-16(3)4/h12-13,16,18,20H,7-11,14-15H2,1-6H3. The second-order valence-corrected chi connectivity index (χ2v) is 11.8. The molecule has 158 valence electrons. The van der Waals surface area contributed by atoms with Gasteiger partial charge in [0.2, 0.25) is 0 Å². The van der Waals surface area contributed by atoms with Gasteiger partial charge in [0.1, 0.15) is 0 Å². The number of benzene rings is 1. The van der Waals surface area contributed by atoms with Crippen molar-refractivity contribution >= 4 is 23.5 Å². The molecule has 0 saturated carbocycles. The van der Waals surface area contributed by atoms with Gasteiger partial charge in [0.05, 0.1) is 18.3 Å². The zero-order valence-corrected chi connectivity index (χ0v) is 20.0. The van der Waals surface area contributed by atoms with Crippen LogP contribution in [0.3, 0.4) is 0 Å². The zero-order chi connectivity index (χ0) is 20.3. The van der Waals surface area contributed by atoms with Gasteiger partial charge in [0.15, 0.2) is 11.5 Å². The van der Waals surface area contributed by atoms with Crippen molar-refractivity contribution in [3.05, 3.63) is 23.3 Å². The van der Waals surface area contributed by atoms with Gasteiger partial charge in [-0.2, -0.15) is 0 Å². The minimum Gasteiger partial charge on any atom is -0.493 e. The predicted octanol–water partition coefficient (Wildman–Crippen LogP) is 5.87.